The molecule has 1 heterocycles. The molecule has 1 amide bonds. The minimum absolute atomic E-state index is 0.171. The predicted octanol–water partition coefficient (Wildman–Crippen LogP) is 4.69. The monoisotopic (exact) mass is 497 g/mol. The maximum absolute atomic E-state index is 13.2. The standard InChI is InChI=1S/C26H31N3O3S2/c1-7-14-29-23-13-8-20(6)15-24(23)33-26(29)27-25(30)21-9-11-22(12-10-21)34(31,32)28(16-18(2)3)17-19(4)5/h1,8-13,15,18-19H,14,16-17H2,2-6H3. The molecule has 0 aliphatic rings. The van der Waals surface area contributed by atoms with Crippen molar-refractivity contribution in [3.05, 3.63) is 58.4 Å². The van der Waals surface area contributed by atoms with Crippen molar-refractivity contribution in [3.63, 3.8) is 0 Å². The van der Waals surface area contributed by atoms with Gasteiger partial charge in [-0.05, 0) is 60.7 Å². The highest BCUT2D eigenvalue weighted by molar-refractivity contribution is 7.89. The van der Waals surface area contributed by atoms with Gasteiger partial charge in [-0.1, -0.05) is 51.0 Å². The van der Waals surface area contributed by atoms with Gasteiger partial charge in [0.2, 0.25) is 10.0 Å². The summed E-state index contributed by atoms with van der Waals surface area (Å²) in [7, 11) is -3.66. The molecule has 2 aromatic carbocycles. The highest BCUT2D eigenvalue weighted by Crippen LogP contribution is 2.21. The van der Waals surface area contributed by atoms with Crippen LogP contribution in [0.5, 0.6) is 0 Å². The lowest BCUT2D eigenvalue weighted by Crippen LogP contribution is -2.37. The van der Waals surface area contributed by atoms with E-state index in [9.17, 15) is 13.2 Å². The van der Waals surface area contributed by atoms with Gasteiger partial charge in [0.25, 0.3) is 5.91 Å². The van der Waals surface area contributed by atoms with E-state index in [0.717, 1.165) is 15.8 Å². The molecule has 180 valence electrons. The molecule has 3 aromatic rings. The van der Waals surface area contributed by atoms with Gasteiger partial charge in [0.15, 0.2) is 4.80 Å². The van der Waals surface area contributed by atoms with E-state index < -0.39 is 15.9 Å². The van der Waals surface area contributed by atoms with Crippen molar-refractivity contribution < 1.29 is 13.2 Å². The molecule has 1 aromatic heterocycles. The summed E-state index contributed by atoms with van der Waals surface area (Å²) in [5, 5.41) is 0. The van der Waals surface area contributed by atoms with Crippen molar-refractivity contribution in [1.29, 1.82) is 0 Å². The van der Waals surface area contributed by atoms with E-state index in [0.29, 0.717) is 30.0 Å². The Labute approximate surface area is 206 Å². The van der Waals surface area contributed by atoms with E-state index in [2.05, 4.69) is 10.9 Å². The van der Waals surface area contributed by atoms with E-state index >= 15 is 0 Å². The van der Waals surface area contributed by atoms with Crippen LogP contribution in [0, 0.1) is 31.1 Å². The maximum Gasteiger partial charge on any atom is 0.279 e. The van der Waals surface area contributed by atoms with Crippen molar-refractivity contribution >= 4 is 37.5 Å². The maximum atomic E-state index is 13.2. The zero-order chi connectivity index (χ0) is 25.0. The number of sulfonamides is 1. The minimum Gasteiger partial charge on any atom is -0.305 e. The van der Waals surface area contributed by atoms with Gasteiger partial charge < -0.3 is 4.57 Å². The van der Waals surface area contributed by atoms with Crippen molar-refractivity contribution in [2.45, 2.75) is 46.1 Å². The van der Waals surface area contributed by atoms with Gasteiger partial charge in [0, 0.05) is 18.7 Å². The molecule has 0 unspecified atom stereocenters. The van der Waals surface area contributed by atoms with Gasteiger partial charge in [-0.25, -0.2) is 8.42 Å². The number of fused-ring (bicyclic) bond motifs is 1. The number of nitrogens with zero attached hydrogens (tertiary/aromatic N) is 3. The number of carbonyl (C=O) groups is 1. The summed E-state index contributed by atoms with van der Waals surface area (Å²) in [4.78, 5) is 17.9. The van der Waals surface area contributed by atoms with Crippen LogP contribution in [0.25, 0.3) is 10.2 Å². The van der Waals surface area contributed by atoms with Gasteiger partial charge in [-0.2, -0.15) is 9.30 Å². The van der Waals surface area contributed by atoms with Crippen LogP contribution in [0.3, 0.4) is 0 Å². The van der Waals surface area contributed by atoms with Gasteiger partial charge >= 0.3 is 0 Å². The average Bonchev–Trinajstić information content (AvgIpc) is 3.09. The Bertz CT molecular complexity index is 1380. The fourth-order valence-corrected chi connectivity index (χ4v) is 6.56. The number of hydrogen-bond acceptors (Lipinski definition) is 4. The summed E-state index contributed by atoms with van der Waals surface area (Å²) < 4.78 is 30.8. The largest absolute Gasteiger partial charge is 0.305 e. The molecule has 0 radical (unpaired) electrons. The molecule has 0 saturated carbocycles. The second kappa shape index (κ2) is 10.7. The highest BCUT2D eigenvalue weighted by atomic mass is 32.2. The Kier molecular flexibility index (Phi) is 8.13. The molecule has 0 aliphatic carbocycles. The molecule has 6 nitrogen and oxygen atoms in total. The van der Waals surface area contributed by atoms with E-state index in [1.165, 1.54) is 39.9 Å². The molecule has 0 spiro atoms. The summed E-state index contributed by atoms with van der Waals surface area (Å²) in [5.41, 5.74) is 2.36. The minimum atomic E-state index is -3.66. The number of carbonyl (C=O) groups excluding carboxylic acids is 1. The Balaban J connectivity index is 1.95. The lowest BCUT2D eigenvalue weighted by molar-refractivity contribution is 0.0998. The molecule has 0 saturated heterocycles. The van der Waals surface area contributed by atoms with E-state index in [-0.39, 0.29) is 16.7 Å². The third-order valence-corrected chi connectivity index (χ3v) is 8.05. The molecule has 0 atom stereocenters. The molecule has 3 rings (SSSR count). The van der Waals surface area contributed by atoms with Crippen LogP contribution in [0.2, 0.25) is 0 Å². The normalized spacial score (nSPS) is 12.7. The summed E-state index contributed by atoms with van der Waals surface area (Å²) >= 11 is 1.40. The quantitative estimate of drug-likeness (QED) is 0.424. The first-order valence-electron chi connectivity index (χ1n) is 11.3. The number of amides is 1. The first-order chi connectivity index (χ1) is 16.0. The van der Waals surface area contributed by atoms with E-state index in [4.69, 9.17) is 6.42 Å². The Hall–Kier alpha value is -2.73. The fraction of sp³-hybridized carbons (Fsp3) is 0.385. The Morgan fingerprint density at radius 3 is 2.26 bits per heavy atom. The lowest BCUT2D eigenvalue weighted by Gasteiger charge is -2.25. The van der Waals surface area contributed by atoms with E-state index in [1.54, 1.807) is 0 Å². The second-order valence-electron chi connectivity index (χ2n) is 9.20. The summed E-state index contributed by atoms with van der Waals surface area (Å²) in [5.74, 6) is 2.58. The number of aromatic nitrogens is 1. The Morgan fingerprint density at radius 2 is 1.71 bits per heavy atom. The molecule has 0 fully saturated rings. The van der Waals surface area contributed by atoms with Crippen LogP contribution in [0.15, 0.2) is 52.4 Å². The SMILES string of the molecule is C#CCn1c(=NC(=O)c2ccc(S(=O)(=O)N(CC(C)C)CC(C)C)cc2)sc2cc(C)ccc21. The highest BCUT2D eigenvalue weighted by Gasteiger charge is 2.26. The van der Waals surface area contributed by atoms with Crippen molar-refractivity contribution in [1.82, 2.24) is 8.87 Å². The van der Waals surface area contributed by atoms with Crippen molar-refractivity contribution in [2.24, 2.45) is 16.8 Å². The molecule has 8 heteroatoms. The second-order valence-corrected chi connectivity index (χ2v) is 12.1. The van der Waals surface area contributed by atoms with Gasteiger partial charge in [0.05, 0.1) is 21.7 Å². The fourth-order valence-electron chi connectivity index (χ4n) is 3.67. The third kappa shape index (κ3) is 5.84. The zero-order valence-corrected chi connectivity index (χ0v) is 21.9. The van der Waals surface area contributed by atoms with Crippen LogP contribution < -0.4 is 4.80 Å². The molecular weight excluding hydrogens is 466 g/mol. The van der Waals surface area contributed by atoms with Crippen LogP contribution in [0.4, 0.5) is 0 Å². The summed E-state index contributed by atoms with van der Waals surface area (Å²) in [6.45, 7) is 11.2. The molecular formula is C26H31N3O3S2. The van der Waals surface area contributed by atoms with Gasteiger partial charge in [-0.15, -0.1) is 6.42 Å². The first-order valence-corrected chi connectivity index (χ1v) is 13.5. The Morgan fingerprint density at radius 1 is 1.09 bits per heavy atom. The number of terminal acetylenes is 1. The topological polar surface area (TPSA) is 71.7 Å². The van der Waals surface area contributed by atoms with Crippen LogP contribution in [0.1, 0.15) is 43.6 Å². The smallest absolute Gasteiger partial charge is 0.279 e. The number of aryl methyl sites for hydroxylation is 1. The zero-order valence-electron chi connectivity index (χ0n) is 20.3. The average molecular weight is 498 g/mol. The van der Waals surface area contributed by atoms with Gasteiger partial charge in [0.1, 0.15) is 0 Å². The first kappa shape index (κ1) is 25.9. The molecule has 0 aliphatic heterocycles. The summed E-state index contributed by atoms with van der Waals surface area (Å²) in [6.07, 6.45) is 5.54. The van der Waals surface area contributed by atoms with Crippen LogP contribution >= 0.6 is 11.3 Å². The number of benzene rings is 2. The molecule has 34 heavy (non-hydrogen) atoms. The van der Waals surface area contributed by atoms with Gasteiger partial charge in [-0.3, -0.25) is 4.79 Å². The summed E-state index contributed by atoms with van der Waals surface area (Å²) in [6, 6.07) is 12.0. The molecule has 0 N–H and O–H groups in total. The van der Waals surface area contributed by atoms with Crippen LogP contribution in [-0.4, -0.2) is 36.3 Å². The number of thiazole rings is 1. The number of rotatable bonds is 8. The third-order valence-electron chi connectivity index (χ3n) is 5.16. The van der Waals surface area contributed by atoms with Crippen molar-refractivity contribution in [3.8, 4) is 12.3 Å². The number of hydrogen-bond donors (Lipinski definition) is 0. The predicted molar refractivity (Wildman–Crippen MR) is 138 cm³/mol. The lowest BCUT2D eigenvalue weighted by atomic mass is 10.2. The van der Waals surface area contributed by atoms with Crippen LogP contribution in [-0.2, 0) is 16.6 Å². The van der Waals surface area contributed by atoms with Crippen molar-refractivity contribution in [2.75, 3.05) is 13.1 Å². The van der Waals surface area contributed by atoms with E-state index in [1.807, 2.05) is 57.4 Å². The molecule has 0 bridgehead atoms.